The van der Waals surface area contributed by atoms with Crippen molar-refractivity contribution in [3.05, 3.63) is 64.2 Å². The number of esters is 1. The van der Waals surface area contributed by atoms with E-state index in [4.69, 9.17) is 25.8 Å². The normalized spacial score (nSPS) is 26.4. The molecule has 0 saturated carbocycles. The molecular weight excluding hydrogens is 440 g/mol. The van der Waals surface area contributed by atoms with Crippen LogP contribution in [0.2, 0.25) is 5.02 Å². The monoisotopic (exact) mass is 466 g/mol. The molecule has 0 aliphatic carbocycles. The molecule has 8 nitrogen and oxygen atoms in total. The molecule has 2 aromatic carbocycles. The van der Waals surface area contributed by atoms with Crippen LogP contribution in [0.3, 0.4) is 0 Å². The molecule has 6 atom stereocenters. The molecule has 1 aliphatic rings. The van der Waals surface area contributed by atoms with Crippen LogP contribution in [0.25, 0.3) is 0 Å². The van der Waals surface area contributed by atoms with Crippen LogP contribution in [0.4, 0.5) is 0 Å². The first-order valence-electron chi connectivity index (χ1n) is 10.3. The first kappa shape index (κ1) is 24.4. The number of ether oxygens (including phenoxy) is 3. The van der Waals surface area contributed by atoms with E-state index in [0.29, 0.717) is 34.1 Å². The fourth-order valence-electron chi connectivity index (χ4n) is 3.60. The van der Waals surface area contributed by atoms with Crippen molar-refractivity contribution < 1.29 is 39.4 Å². The van der Waals surface area contributed by atoms with Crippen LogP contribution in [0, 0.1) is 0 Å². The standard InChI is InChI=1S/C23H27ClO8/c1-3-30-15-7-4-13(5-8-15)19(26)16-10-14(6-9-17(16)24)23-22(29)21(28)20(27)18(32-23)11-31-12(2)25/h4-10,18-23,26-29H,3,11H2,1-2H3/t18-,19?,20-,21+,22-,23+/m1/s1. The summed E-state index contributed by atoms with van der Waals surface area (Å²) >= 11 is 6.33. The van der Waals surface area contributed by atoms with Gasteiger partial charge in [-0.1, -0.05) is 29.8 Å². The number of hydrogen-bond donors (Lipinski definition) is 4. The molecule has 1 heterocycles. The summed E-state index contributed by atoms with van der Waals surface area (Å²) in [6.45, 7) is 3.33. The second kappa shape index (κ2) is 10.6. The fraction of sp³-hybridized carbons (Fsp3) is 0.435. The minimum absolute atomic E-state index is 0.286. The average Bonchev–Trinajstić information content (AvgIpc) is 2.78. The van der Waals surface area contributed by atoms with Gasteiger partial charge in [0, 0.05) is 17.5 Å². The third-order valence-corrected chi connectivity index (χ3v) is 5.66. The highest BCUT2D eigenvalue weighted by Crippen LogP contribution is 2.37. The fourth-order valence-corrected chi connectivity index (χ4v) is 3.83. The molecule has 1 unspecified atom stereocenters. The number of carbonyl (C=O) groups is 1. The Kier molecular flexibility index (Phi) is 8.10. The SMILES string of the molecule is CCOc1ccc(C(O)c2cc([C@@H]3O[C@H](COC(C)=O)[C@@H](O)[C@H](O)[C@H]3O)ccc2Cl)cc1. The van der Waals surface area contributed by atoms with Crippen molar-refractivity contribution in [2.24, 2.45) is 0 Å². The summed E-state index contributed by atoms with van der Waals surface area (Å²) in [6, 6.07) is 11.7. The molecule has 1 saturated heterocycles. The van der Waals surface area contributed by atoms with Crippen LogP contribution in [-0.4, -0.2) is 64.0 Å². The van der Waals surface area contributed by atoms with E-state index < -0.39 is 42.6 Å². The Hall–Kier alpha value is -2.20. The van der Waals surface area contributed by atoms with Crippen molar-refractivity contribution in [3.63, 3.8) is 0 Å². The molecule has 174 valence electrons. The van der Waals surface area contributed by atoms with E-state index in [1.165, 1.54) is 6.92 Å². The summed E-state index contributed by atoms with van der Waals surface area (Å²) in [4.78, 5) is 11.1. The first-order chi connectivity index (χ1) is 15.2. The lowest BCUT2D eigenvalue weighted by molar-refractivity contribution is -0.234. The van der Waals surface area contributed by atoms with Gasteiger partial charge in [-0.05, 0) is 42.3 Å². The predicted octanol–water partition coefficient (Wildman–Crippen LogP) is 1.91. The summed E-state index contributed by atoms with van der Waals surface area (Å²) in [6.07, 6.45) is -7.57. The summed E-state index contributed by atoms with van der Waals surface area (Å²) < 4.78 is 16.1. The van der Waals surface area contributed by atoms with Gasteiger partial charge in [0.2, 0.25) is 0 Å². The quantitative estimate of drug-likeness (QED) is 0.456. The van der Waals surface area contributed by atoms with Gasteiger partial charge < -0.3 is 34.6 Å². The molecule has 3 rings (SSSR count). The minimum atomic E-state index is -1.52. The number of carbonyl (C=O) groups excluding carboxylic acids is 1. The summed E-state index contributed by atoms with van der Waals surface area (Å²) in [5, 5.41) is 42.2. The Balaban J connectivity index is 1.86. The zero-order chi connectivity index (χ0) is 23.4. The topological polar surface area (TPSA) is 126 Å². The van der Waals surface area contributed by atoms with Gasteiger partial charge in [-0.2, -0.15) is 0 Å². The van der Waals surface area contributed by atoms with E-state index in [1.807, 2.05) is 6.92 Å². The van der Waals surface area contributed by atoms with Gasteiger partial charge >= 0.3 is 5.97 Å². The second-order valence-corrected chi connectivity index (χ2v) is 7.96. The number of halogens is 1. The second-order valence-electron chi connectivity index (χ2n) is 7.56. The van der Waals surface area contributed by atoms with E-state index in [1.54, 1.807) is 42.5 Å². The molecule has 1 aliphatic heterocycles. The lowest BCUT2D eigenvalue weighted by Gasteiger charge is -2.40. The van der Waals surface area contributed by atoms with E-state index in [2.05, 4.69) is 0 Å². The lowest BCUT2D eigenvalue weighted by atomic mass is 9.89. The van der Waals surface area contributed by atoms with Crippen LogP contribution in [0.1, 0.15) is 42.7 Å². The maximum Gasteiger partial charge on any atom is 0.302 e. The van der Waals surface area contributed by atoms with Gasteiger partial charge in [-0.15, -0.1) is 0 Å². The number of aliphatic hydroxyl groups is 4. The van der Waals surface area contributed by atoms with E-state index in [0.717, 1.165) is 0 Å². The molecule has 32 heavy (non-hydrogen) atoms. The van der Waals surface area contributed by atoms with Crippen molar-refractivity contribution in [3.8, 4) is 5.75 Å². The Morgan fingerprint density at radius 1 is 1.09 bits per heavy atom. The van der Waals surface area contributed by atoms with Crippen molar-refractivity contribution in [1.29, 1.82) is 0 Å². The molecule has 0 bridgehead atoms. The van der Waals surface area contributed by atoms with Crippen LogP contribution in [0.15, 0.2) is 42.5 Å². The highest BCUT2D eigenvalue weighted by molar-refractivity contribution is 6.31. The zero-order valence-electron chi connectivity index (χ0n) is 17.7. The zero-order valence-corrected chi connectivity index (χ0v) is 18.5. The smallest absolute Gasteiger partial charge is 0.302 e. The predicted molar refractivity (Wildman–Crippen MR) is 115 cm³/mol. The molecule has 0 radical (unpaired) electrons. The Bertz CT molecular complexity index is 919. The Morgan fingerprint density at radius 3 is 2.41 bits per heavy atom. The van der Waals surface area contributed by atoms with Crippen molar-refractivity contribution >= 4 is 17.6 Å². The maximum atomic E-state index is 11.1. The van der Waals surface area contributed by atoms with Crippen LogP contribution < -0.4 is 4.74 Å². The molecule has 9 heteroatoms. The summed E-state index contributed by atoms with van der Waals surface area (Å²) in [7, 11) is 0. The molecule has 0 aromatic heterocycles. The number of benzene rings is 2. The first-order valence-corrected chi connectivity index (χ1v) is 10.6. The largest absolute Gasteiger partial charge is 0.494 e. The van der Waals surface area contributed by atoms with E-state index in [9.17, 15) is 25.2 Å². The van der Waals surface area contributed by atoms with Gasteiger partial charge in [-0.25, -0.2) is 0 Å². The van der Waals surface area contributed by atoms with Gasteiger partial charge in [0.1, 0.15) is 49.0 Å². The third-order valence-electron chi connectivity index (χ3n) is 5.31. The van der Waals surface area contributed by atoms with Crippen LogP contribution in [-0.2, 0) is 14.3 Å². The summed E-state index contributed by atoms with van der Waals surface area (Å²) in [5.41, 5.74) is 1.39. The Labute approximate surface area is 190 Å². The van der Waals surface area contributed by atoms with Crippen LogP contribution in [0.5, 0.6) is 5.75 Å². The van der Waals surface area contributed by atoms with Gasteiger partial charge in [0.05, 0.1) is 6.61 Å². The minimum Gasteiger partial charge on any atom is -0.494 e. The van der Waals surface area contributed by atoms with E-state index >= 15 is 0 Å². The Morgan fingerprint density at radius 2 is 1.78 bits per heavy atom. The third kappa shape index (κ3) is 5.40. The van der Waals surface area contributed by atoms with Gasteiger partial charge in [-0.3, -0.25) is 4.79 Å². The van der Waals surface area contributed by atoms with Gasteiger partial charge in [0.15, 0.2) is 0 Å². The summed E-state index contributed by atoms with van der Waals surface area (Å²) in [5.74, 6) is 0.110. The maximum absolute atomic E-state index is 11.1. The van der Waals surface area contributed by atoms with Crippen LogP contribution >= 0.6 is 11.6 Å². The molecule has 2 aromatic rings. The van der Waals surface area contributed by atoms with Crippen molar-refractivity contribution in [2.75, 3.05) is 13.2 Å². The average molecular weight is 467 g/mol. The van der Waals surface area contributed by atoms with Crippen molar-refractivity contribution in [1.82, 2.24) is 0 Å². The molecule has 1 fully saturated rings. The van der Waals surface area contributed by atoms with Gasteiger partial charge in [0.25, 0.3) is 0 Å². The molecular formula is C23H27ClO8. The lowest BCUT2D eigenvalue weighted by Crippen LogP contribution is -2.55. The number of aliphatic hydroxyl groups excluding tert-OH is 4. The number of hydrogen-bond acceptors (Lipinski definition) is 8. The molecule has 0 amide bonds. The van der Waals surface area contributed by atoms with E-state index in [-0.39, 0.29) is 6.61 Å². The highest BCUT2D eigenvalue weighted by Gasteiger charge is 2.44. The molecule has 0 spiro atoms. The number of rotatable bonds is 7. The highest BCUT2D eigenvalue weighted by atomic mass is 35.5. The molecule has 4 N–H and O–H groups in total. The van der Waals surface area contributed by atoms with Crippen molar-refractivity contribution in [2.45, 2.75) is 50.5 Å².